The standard InChI is InChI=1S/C23H21N5O5/c24-13-16(22-25-17-6-2-3-7-18(17)26-22)21(29)14-33-23(30)15-8-9-19(20(12-15)28(31)32)27-10-4-1-5-11-27/h2-3,6-9,12,29H,1,4-5,10-11,14H2,(H,25,26)/b21-16+. The topological polar surface area (TPSA) is 145 Å². The number of carbonyl (C=O) groups is 1. The molecule has 10 nitrogen and oxygen atoms in total. The summed E-state index contributed by atoms with van der Waals surface area (Å²) < 4.78 is 5.11. The van der Waals surface area contributed by atoms with Crippen molar-refractivity contribution in [1.82, 2.24) is 9.97 Å². The van der Waals surface area contributed by atoms with Crippen molar-refractivity contribution in [2.24, 2.45) is 0 Å². The van der Waals surface area contributed by atoms with Crippen LogP contribution in [0.3, 0.4) is 0 Å². The van der Waals surface area contributed by atoms with E-state index in [1.165, 1.54) is 12.1 Å². The van der Waals surface area contributed by atoms with Gasteiger partial charge in [0.15, 0.2) is 11.6 Å². The Bertz CT molecular complexity index is 1250. The minimum absolute atomic E-state index is 0.0162. The van der Waals surface area contributed by atoms with E-state index in [0.717, 1.165) is 32.4 Å². The van der Waals surface area contributed by atoms with Crippen molar-refractivity contribution in [3.63, 3.8) is 0 Å². The number of para-hydroxylation sites is 2. The van der Waals surface area contributed by atoms with Gasteiger partial charge in [-0.15, -0.1) is 0 Å². The summed E-state index contributed by atoms with van der Waals surface area (Å²) in [4.78, 5) is 32.7. The number of fused-ring (bicyclic) bond motifs is 1. The van der Waals surface area contributed by atoms with Crippen molar-refractivity contribution < 1.29 is 19.6 Å². The molecule has 0 amide bonds. The number of anilines is 1. The van der Waals surface area contributed by atoms with E-state index < -0.39 is 23.3 Å². The number of hydrogen-bond acceptors (Lipinski definition) is 8. The van der Waals surface area contributed by atoms with Gasteiger partial charge in [0.1, 0.15) is 23.9 Å². The van der Waals surface area contributed by atoms with Crippen LogP contribution in [-0.2, 0) is 4.74 Å². The van der Waals surface area contributed by atoms with E-state index >= 15 is 0 Å². The number of allylic oxidation sites excluding steroid dienone is 1. The molecule has 1 aromatic heterocycles. The molecule has 0 bridgehead atoms. The Morgan fingerprint density at radius 1 is 1.24 bits per heavy atom. The van der Waals surface area contributed by atoms with Gasteiger partial charge < -0.3 is 19.7 Å². The number of nitro benzene ring substituents is 1. The first kappa shape index (κ1) is 21.8. The monoisotopic (exact) mass is 447 g/mol. The summed E-state index contributed by atoms with van der Waals surface area (Å²) in [5.41, 5.74) is 1.42. The third-order valence-electron chi connectivity index (χ3n) is 5.47. The van der Waals surface area contributed by atoms with Crippen LogP contribution in [0.1, 0.15) is 35.4 Å². The highest BCUT2D eigenvalue weighted by Crippen LogP contribution is 2.31. The summed E-state index contributed by atoms with van der Waals surface area (Å²) in [5, 5.41) is 31.4. The van der Waals surface area contributed by atoms with E-state index in [1.54, 1.807) is 30.3 Å². The molecular formula is C23H21N5O5. The molecule has 33 heavy (non-hydrogen) atoms. The number of H-pyrrole nitrogens is 1. The summed E-state index contributed by atoms with van der Waals surface area (Å²) in [7, 11) is 0. The Hall–Kier alpha value is -4.39. The molecule has 0 spiro atoms. The van der Waals surface area contributed by atoms with Crippen molar-refractivity contribution in [3.05, 3.63) is 69.7 Å². The van der Waals surface area contributed by atoms with Crippen molar-refractivity contribution in [3.8, 4) is 6.07 Å². The Labute approximate surface area is 188 Å². The fourth-order valence-corrected chi connectivity index (χ4v) is 3.81. The lowest BCUT2D eigenvalue weighted by molar-refractivity contribution is -0.384. The van der Waals surface area contributed by atoms with Gasteiger partial charge in [-0.3, -0.25) is 10.1 Å². The largest absolute Gasteiger partial charge is 0.507 e. The second kappa shape index (κ2) is 9.40. The van der Waals surface area contributed by atoms with Crippen molar-refractivity contribution in [1.29, 1.82) is 5.26 Å². The van der Waals surface area contributed by atoms with E-state index in [4.69, 9.17) is 4.74 Å². The quantitative estimate of drug-likeness (QED) is 0.189. The van der Waals surface area contributed by atoms with Gasteiger partial charge in [0.05, 0.1) is 21.5 Å². The van der Waals surface area contributed by atoms with Gasteiger partial charge >= 0.3 is 5.97 Å². The summed E-state index contributed by atoms with van der Waals surface area (Å²) in [6.07, 6.45) is 3.00. The first-order chi connectivity index (χ1) is 16.0. The molecule has 3 aromatic rings. The van der Waals surface area contributed by atoms with Crippen LogP contribution in [0.5, 0.6) is 0 Å². The third-order valence-corrected chi connectivity index (χ3v) is 5.47. The third kappa shape index (κ3) is 4.62. The summed E-state index contributed by atoms with van der Waals surface area (Å²) in [6.45, 7) is 0.866. The molecule has 1 aliphatic heterocycles. The van der Waals surface area contributed by atoms with Crippen molar-refractivity contribution in [2.75, 3.05) is 24.6 Å². The summed E-state index contributed by atoms with van der Waals surface area (Å²) in [5.74, 6) is -1.19. The van der Waals surface area contributed by atoms with Gasteiger partial charge in [-0.1, -0.05) is 12.1 Å². The van der Waals surface area contributed by atoms with Gasteiger partial charge in [-0.2, -0.15) is 5.26 Å². The molecule has 0 saturated carbocycles. The molecule has 168 valence electrons. The zero-order chi connectivity index (χ0) is 23.4. The van der Waals surface area contributed by atoms with Crippen LogP contribution in [0.25, 0.3) is 16.6 Å². The number of aliphatic hydroxyl groups is 1. The first-order valence-electron chi connectivity index (χ1n) is 10.5. The highest BCUT2D eigenvalue weighted by Gasteiger charge is 2.24. The lowest BCUT2D eigenvalue weighted by Gasteiger charge is -2.28. The maximum atomic E-state index is 12.5. The van der Waals surface area contributed by atoms with Crippen LogP contribution in [0.4, 0.5) is 11.4 Å². The van der Waals surface area contributed by atoms with Crippen LogP contribution < -0.4 is 4.90 Å². The molecule has 10 heteroatoms. The fourth-order valence-electron chi connectivity index (χ4n) is 3.81. The van der Waals surface area contributed by atoms with Gasteiger partial charge in [0.25, 0.3) is 5.69 Å². The molecule has 1 saturated heterocycles. The van der Waals surface area contributed by atoms with Crippen molar-refractivity contribution >= 4 is 34.0 Å². The summed E-state index contributed by atoms with van der Waals surface area (Å²) >= 11 is 0. The number of hydrogen-bond donors (Lipinski definition) is 2. The Morgan fingerprint density at radius 3 is 2.70 bits per heavy atom. The number of piperidine rings is 1. The van der Waals surface area contributed by atoms with Crippen LogP contribution in [0, 0.1) is 21.4 Å². The zero-order valence-electron chi connectivity index (χ0n) is 17.7. The fraction of sp³-hybridized carbons (Fsp3) is 0.261. The zero-order valence-corrected chi connectivity index (χ0v) is 17.7. The van der Waals surface area contributed by atoms with Crippen LogP contribution in [0.15, 0.2) is 48.2 Å². The first-order valence-corrected chi connectivity index (χ1v) is 10.5. The predicted octanol–water partition coefficient (Wildman–Crippen LogP) is 4.11. The molecule has 2 heterocycles. The molecule has 0 unspecified atom stereocenters. The lowest BCUT2D eigenvalue weighted by atomic mass is 10.1. The van der Waals surface area contributed by atoms with Gasteiger partial charge in [-0.25, -0.2) is 9.78 Å². The number of nitro groups is 1. The number of carbonyl (C=O) groups excluding carboxylic acids is 1. The van der Waals surface area contributed by atoms with Gasteiger partial charge in [0, 0.05) is 19.2 Å². The average molecular weight is 447 g/mol. The molecule has 0 atom stereocenters. The Balaban J connectivity index is 1.52. The highest BCUT2D eigenvalue weighted by molar-refractivity contribution is 5.92. The Morgan fingerprint density at radius 2 is 2.00 bits per heavy atom. The maximum Gasteiger partial charge on any atom is 0.338 e. The molecule has 2 N–H and O–H groups in total. The minimum atomic E-state index is -0.850. The van der Waals surface area contributed by atoms with Gasteiger partial charge in [0.2, 0.25) is 0 Å². The number of aromatic nitrogens is 2. The lowest BCUT2D eigenvalue weighted by Crippen LogP contribution is -2.30. The van der Waals surface area contributed by atoms with E-state index in [-0.39, 0.29) is 22.6 Å². The van der Waals surface area contributed by atoms with Crippen LogP contribution in [0.2, 0.25) is 0 Å². The number of nitrogens with zero attached hydrogens (tertiary/aromatic N) is 4. The number of ether oxygens (including phenoxy) is 1. The summed E-state index contributed by atoms with van der Waals surface area (Å²) in [6, 6.07) is 13.2. The average Bonchev–Trinajstić information content (AvgIpc) is 3.26. The second-order valence-electron chi connectivity index (χ2n) is 7.62. The van der Waals surface area contributed by atoms with E-state index in [2.05, 4.69) is 9.97 Å². The van der Waals surface area contributed by atoms with Crippen molar-refractivity contribution in [2.45, 2.75) is 19.3 Å². The maximum absolute atomic E-state index is 12.5. The molecule has 2 aromatic carbocycles. The molecule has 0 radical (unpaired) electrons. The highest BCUT2D eigenvalue weighted by atomic mass is 16.6. The number of rotatable bonds is 6. The van der Waals surface area contributed by atoms with E-state index in [9.17, 15) is 25.3 Å². The van der Waals surface area contributed by atoms with E-state index in [0.29, 0.717) is 16.7 Å². The van der Waals surface area contributed by atoms with Gasteiger partial charge in [-0.05, 0) is 43.5 Å². The molecule has 1 fully saturated rings. The number of imidazole rings is 1. The number of aliphatic hydroxyl groups excluding tert-OH is 1. The molecule has 4 rings (SSSR count). The molecule has 0 aliphatic carbocycles. The SMILES string of the molecule is N#C/C(=C(\O)COC(=O)c1ccc(N2CCCCC2)c([N+](=O)[O-])c1)c1nc2ccccc2[nH]1. The second-order valence-corrected chi connectivity index (χ2v) is 7.62. The number of aromatic amines is 1. The smallest absolute Gasteiger partial charge is 0.338 e. The van der Waals surface area contributed by atoms with Crippen LogP contribution in [-0.4, -0.2) is 45.7 Å². The number of esters is 1. The Kier molecular flexibility index (Phi) is 6.22. The number of nitrogens with one attached hydrogen (secondary N) is 1. The predicted molar refractivity (Wildman–Crippen MR) is 121 cm³/mol. The van der Waals surface area contributed by atoms with Crippen LogP contribution >= 0.6 is 0 Å². The number of nitriles is 1. The van der Waals surface area contributed by atoms with E-state index in [1.807, 2.05) is 11.0 Å². The molecule has 1 aliphatic rings. The normalized spacial score (nSPS) is 14.5. The molecular weight excluding hydrogens is 426 g/mol. The number of benzene rings is 2. The minimum Gasteiger partial charge on any atom is -0.507 e.